The second-order valence-electron chi connectivity index (χ2n) is 8.29. The minimum atomic E-state index is -0.246. The fraction of sp³-hybridized carbons (Fsp3) is 0.667. The highest BCUT2D eigenvalue weighted by molar-refractivity contribution is 5.86. The molecule has 1 amide bonds. The molecule has 1 aromatic rings. The van der Waals surface area contributed by atoms with Crippen LogP contribution in [0.25, 0.3) is 0 Å². The summed E-state index contributed by atoms with van der Waals surface area (Å²) in [6, 6.07) is 4.10. The van der Waals surface area contributed by atoms with Crippen LogP contribution < -0.4 is 20.9 Å². The van der Waals surface area contributed by atoms with E-state index in [0.717, 1.165) is 50.6 Å². The van der Waals surface area contributed by atoms with Crippen LogP contribution in [0.5, 0.6) is 0 Å². The lowest BCUT2D eigenvalue weighted by atomic mass is 10.1. The van der Waals surface area contributed by atoms with Crippen LogP contribution in [-0.2, 0) is 11.3 Å². The molecule has 0 saturated carbocycles. The van der Waals surface area contributed by atoms with Gasteiger partial charge in [-0.2, -0.15) is 0 Å². The summed E-state index contributed by atoms with van der Waals surface area (Å²) in [7, 11) is 0. The van der Waals surface area contributed by atoms with Crippen molar-refractivity contribution in [3.05, 3.63) is 23.9 Å². The van der Waals surface area contributed by atoms with Crippen molar-refractivity contribution in [3.63, 3.8) is 0 Å². The van der Waals surface area contributed by atoms with Crippen molar-refractivity contribution in [1.82, 2.24) is 25.8 Å². The number of carbonyl (C=O) groups excluding carboxylic acids is 1. The summed E-state index contributed by atoms with van der Waals surface area (Å²) in [5, 5.41) is 9.23. The number of aliphatic imine (C=N–C) groups is 1. The van der Waals surface area contributed by atoms with Crippen LogP contribution >= 0.6 is 0 Å². The third-order valence-electron chi connectivity index (χ3n) is 4.65. The number of likely N-dealkylation sites (N-methyl/N-ethyl adjacent to an activating group) is 1. The largest absolute Gasteiger partial charge is 0.357 e. The van der Waals surface area contributed by atoms with Crippen LogP contribution in [0.15, 0.2) is 23.3 Å². The summed E-state index contributed by atoms with van der Waals surface area (Å²) in [4.78, 5) is 26.0. The molecule has 8 nitrogen and oxygen atoms in total. The SMILES string of the molecule is CCNC(=NCc1ccnc(N2CCN(CC)CC2)c1)NCC(=O)NC(C)(C)C. The minimum absolute atomic E-state index is 0.0551. The molecule has 162 valence electrons. The zero-order valence-electron chi connectivity index (χ0n) is 18.6. The fourth-order valence-electron chi connectivity index (χ4n) is 3.16. The van der Waals surface area contributed by atoms with Crippen molar-refractivity contribution < 1.29 is 4.79 Å². The van der Waals surface area contributed by atoms with Crippen LogP contribution in [0.1, 0.15) is 40.2 Å². The Morgan fingerprint density at radius 3 is 2.52 bits per heavy atom. The molecule has 0 spiro atoms. The summed E-state index contributed by atoms with van der Waals surface area (Å²) >= 11 is 0. The van der Waals surface area contributed by atoms with E-state index in [4.69, 9.17) is 0 Å². The molecule has 1 fully saturated rings. The molecule has 8 heteroatoms. The average Bonchev–Trinajstić information content (AvgIpc) is 2.69. The van der Waals surface area contributed by atoms with Gasteiger partial charge < -0.3 is 25.8 Å². The number of amides is 1. The van der Waals surface area contributed by atoms with Crippen molar-refractivity contribution in [2.75, 3.05) is 50.7 Å². The van der Waals surface area contributed by atoms with Crippen LogP contribution in [-0.4, -0.2) is 73.1 Å². The van der Waals surface area contributed by atoms with Crippen molar-refractivity contribution in [2.24, 2.45) is 4.99 Å². The summed E-state index contributed by atoms with van der Waals surface area (Å²) in [5.74, 6) is 1.59. The first-order valence-corrected chi connectivity index (χ1v) is 10.6. The summed E-state index contributed by atoms with van der Waals surface area (Å²) < 4.78 is 0. The van der Waals surface area contributed by atoms with Crippen LogP contribution in [0.2, 0.25) is 0 Å². The van der Waals surface area contributed by atoms with Gasteiger partial charge in [0.25, 0.3) is 0 Å². The number of nitrogens with zero attached hydrogens (tertiary/aromatic N) is 4. The molecule has 2 heterocycles. The number of carbonyl (C=O) groups is 1. The van der Waals surface area contributed by atoms with E-state index in [-0.39, 0.29) is 18.0 Å². The first-order chi connectivity index (χ1) is 13.8. The van der Waals surface area contributed by atoms with Gasteiger partial charge in [0.1, 0.15) is 5.82 Å². The van der Waals surface area contributed by atoms with Crippen molar-refractivity contribution in [2.45, 2.75) is 46.7 Å². The number of anilines is 1. The van der Waals surface area contributed by atoms with Gasteiger partial charge >= 0.3 is 0 Å². The monoisotopic (exact) mass is 403 g/mol. The van der Waals surface area contributed by atoms with Gasteiger partial charge in [0.15, 0.2) is 5.96 Å². The molecular formula is C21H37N7O. The highest BCUT2D eigenvalue weighted by Gasteiger charge is 2.17. The number of pyridine rings is 1. The maximum atomic E-state index is 12.0. The number of piperazine rings is 1. The summed E-state index contributed by atoms with van der Waals surface area (Å²) in [5.41, 5.74) is 0.855. The number of rotatable bonds is 7. The quantitative estimate of drug-likeness (QED) is 0.469. The second-order valence-corrected chi connectivity index (χ2v) is 8.29. The average molecular weight is 404 g/mol. The Morgan fingerprint density at radius 1 is 1.17 bits per heavy atom. The maximum Gasteiger partial charge on any atom is 0.239 e. The Kier molecular flexibility index (Phi) is 8.70. The van der Waals surface area contributed by atoms with E-state index in [1.807, 2.05) is 40.0 Å². The number of nitrogens with one attached hydrogen (secondary N) is 3. The first kappa shape index (κ1) is 22.9. The third-order valence-corrected chi connectivity index (χ3v) is 4.65. The Bertz CT molecular complexity index is 676. The standard InChI is InChI=1S/C21H37N7O/c1-6-22-20(25-16-19(29)26-21(3,4)5)24-15-17-8-9-23-18(14-17)28-12-10-27(7-2)11-13-28/h8-9,14H,6-7,10-13,15-16H2,1-5H3,(H,26,29)(H2,22,24,25). The normalized spacial score (nSPS) is 15.9. The molecule has 0 unspecified atom stereocenters. The fourth-order valence-corrected chi connectivity index (χ4v) is 3.16. The molecule has 1 saturated heterocycles. The summed E-state index contributed by atoms with van der Waals surface area (Å²) in [6.07, 6.45) is 1.85. The highest BCUT2D eigenvalue weighted by atomic mass is 16.2. The van der Waals surface area contributed by atoms with Gasteiger partial charge in [0.2, 0.25) is 5.91 Å². The molecule has 3 N–H and O–H groups in total. The molecule has 0 atom stereocenters. The van der Waals surface area contributed by atoms with Gasteiger partial charge in [-0.25, -0.2) is 9.98 Å². The van der Waals surface area contributed by atoms with E-state index in [1.165, 1.54) is 0 Å². The molecule has 29 heavy (non-hydrogen) atoms. The Balaban J connectivity index is 1.94. The smallest absolute Gasteiger partial charge is 0.239 e. The van der Waals surface area contributed by atoms with E-state index < -0.39 is 0 Å². The van der Waals surface area contributed by atoms with Gasteiger partial charge in [0.05, 0.1) is 13.1 Å². The van der Waals surface area contributed by atoms with E-state index in [9.17, 15) is 4.79 Å². The number of hydrogen-bond donors (Lipinski definition) is 3. The maximum absolute atomic E-state index is 12.0. The molecule has 1 aliphatic heterocycles. The molecule has 0 aromatic carbocycles. The predicted octanol–water partition coefficient (Wildman–Crippen LogP) is 1.19. The zero-order valence-corrected chi connectivity index (χ0v) is 18.6. The molecule has 0 bridgehead atoms. The topological polar surface area (TPSA) is 84.9 Å². The first-order valence-electron chi connectivity index (χ1n) is 10.6. The van der Waals surface area contributed by atoms with E-state index in [1.54, 1.807) is 0 Å². The van der Waals surface area contributed by atoms with Crippen molar-refractivity contribution in [1.29, 1.82) is 0 Å². The van der Waals surface area contributed by atoms with Crippen molar-refractivity contribution in [3.8, 4) is 0 Å². The zero-order chi connectivity index (χ0) is 21.3. The van der Waals surface area contributed by atoms with Crippen LogP contribution in [0.3, 0.4) is 0 Å². The molecular weight excluding hydrogens is 366 g/mol. The van der Waals surface area contributed by atoms with E-state index >= 15 is 0 Å². The Morgan fingerprint density at radius 2 is 1.90 bits per heavy atom. The molecule has 0 aliphatic carbocycles. The lowest BCUT2D eigenvalue weighted by Gasteiger charge is -2.34. The van der Waals surface area contributed by atoms with Gasteiger partial charge in [-0.1, -0.05) is 6.92 Å². The lowest BCUT2D eigenvalue weighted by Crippen LogP contribution is -2.48. The van der Waals surface area contributed by atoms with Gasteiger partial charge in [-0.3, -0.25) is 4.79 Å². The van der Waals surface area contributed by atoms with Crippen molar-refractivity contribution >= 4 is 17.7 Å². The minimum Gasteiger partial charge on any atom is -0.357 e. The number of aromatic nitrogens is 1. The van der Waals surface area contributed by atoms with Gasteiger partial charge in [-0.05, 0) is 51.9 Å². The van der Waals surface area contributed by atoms with Gasteiger partial charge in [0, 0.05) is 44.5 Å². The van der Waals surface area contributed by atoms with Crippen LogP contribution in [0, 0.1) is 0 Å². The molecule has 1 aromatic heterocycles. The molecule has 0 radical (unpaired) electrons. The van der Waals surface area contributed by atoms with Gasteiger partial charge in [-0.15, -0.1) is 0 Å². The molecule has 1 aliphatic rings. The van der Waals surface area contributed by atoms with E-state index in [2.05, 4.69) is 48.7 Å². The van der Waals surface area contributed by atoms with E-state index in [0.29, 0.717) is 12.5 Å². The Labute approximate surface area is 175 Å². The summed E-state index contributed by atoms with van der Waals surface area (Å²) in [6.45, 7) is 16.8. The Hall–Kier alpha value is -2.35. The second kappa shape index (κ2) is 11.0. The number of hydrogen-bond acceptors (Lipinski definition) is 5. The molecule has 2 rings (SSSR count). The van der Waals surface area contributed by atoms with Crippen LogP contribution in [0.4, 0.5) is 5.82 Å². The third kappa shape index (κ3) is 8.27. The lowest BCUT2D eigenvalue weighted by molar-refractivity contribution is -0.121. The highest BCUT2D eigenvalue weighted by Crippen LogP contribution is 2.15. The number of guanidine groups is 1. The predicted molar refractivity (Wildman–Crippen MR) is 119 cm³/mol.